The lowest BCUT2D eigenvalue weighted by atomic mass is 10.1. The first-order valence-corrected chi connectivity index (χ1v) is 9.41. The lowest BCUT2D eigenvalue weighted by Crippen LogP contribution is -2.45. The number of hydrogen-bond donors (Lipinski definition) is 2. The Kier molecular flexibility index (Phi) is 9.89. The monoisotopic (exact) mass is 451 g/mol. The van der Waals surface area contributed by atoms with E-state index < -0.39 is 0 Å². The van der Waals surface area contributed by atoms with Crippen LogP contribution in [0.1, 0.15) is 46.5 Å². The summed E-state index contributed by atoms with van der Waals surface area (Å²) >= 11 is 0. The minimum absolute atomic E-state index is 0. The fraction of sp³-hybridized carbons (Fsp3) is 0.944. The number of piperidine rings is 1. The van der Waals surface area contributed by atoms with Crippen LogP contribution in [0.5, 0.6) is 0 Å². The second-order valence-electron chi connectivity index (χ2n) is 8.11. The highest BCUT2D eigenvalue weighted by Crippen LogP contribution is 2.19. The zero-order chi connectivity index (χ0) is 16.7. The Morgan fingerprint density at radius 3 is 2.42 bits per heavy atom. The van der Waals surface area contributed by atoms with Gasteiger partial charge in [-0.2, -0.15) is 0 Å². The van der Waals surface area contributed by atoms with Gasteiger partial charge in [0.1, 0.15) is 0 Å². The molecule has 0 aromatic carbocycles. The van der Waals surface area contributed by atoms with Crippen molar-refractivity contribution in [1.82, 2.24) is 20.4 Å². The quantitative estimate of drug-likeness (QED) is 0.292. The molecule has 0 aromatic heterocycles. The van der Waals surface area contributed by atoms with E-state index in [1.807, 2.05) is 7.05 Å². The van der Waals surface area contributed by atoms with Crippen molar-refractivity contribution in [2.45, 2.75) is 52.0 Å². The first-order chi connectivity index (χ1) is 11.0. The van der Waals surface area contributed by atoms with Crippen LogP contribution in [0.15, 0.2) is 4.99 Å². The number of aliphatic imine (C=N–C) groups is 1. The van der Waals surface area contributed by atoms with E-state index in [1.165, 1.54) is 45.3 Å². The maximum atomic E-state index is 4.48. The number of nitrogens with zero attached hydrogens (tertiary/aromatic N) is 3. The number of likely N-dealkylation sites (tertiary alicyclic amines) is 2. The average Bonchev–Trinajstić information content (AvgIpc) is 2.95. The van der Waals surface area contributed by atoms with E-state index in [2.05, 4.69) is 46.2 Å². The number of guanidine groups is 1. The fourth-order valence-corrected chi connectivity index (χ4v) is 3.63. The molecule has 142 valence electrons. The maximum Gasteiger partial charge on any atom is 0.193 e. The number of nitrogens with one attached hydrogen (secondary N) is 2. The largest absolute Gasteiger partial charge is 0.355 e. The molecule has 2 saturated heterocycles. The molecule has 2 aliphatic heterocycles. The topological polar surface area (TPSA) is 42.9 Å². The summed E-state index contributed by atoms with van der Waals surface area (Å²) in [5, 5.41) is 7.02. The van der Waals surface area contributed by atoms with E-state index in [1.54, 1.807) is 0 Å². The summed E-state index contributed by atoms with van der Waals surface area (Å²) in [5.41, 5.74) is 0.179. The predicted molar refractivity (Wildman–Crippen MR) is 115 cm³/mol. The van der Waals surface area contributed by atoms with E-state index in [-0.39, 0.29) is 29.5 Å². The van der Waals surface area contributed by atoms with E-state index in [4.69, 9.17) is 0 Å². The van der Waals surface area contributed by atoms with E-state index in [9.17, 15) is 0 Å². The van der Waals surface area contributed by atoms with Gasteiger partial charge in [0.2, 0.25) is 0 Å². The summed E-state index contributed by atoms with van der Waals surface area (Å²) in [6.45, 7) is 14.7. The molecular formula is C18H38IN5. The van der Waals surface area contributed by atoms with Crippen molar-refractivity contribution in [3.63, 3.8) is 0 Å². The van der Waals surface area contributed by atoms with Gasteiger partial charge in [-0.15, -0.1) is 24.0 Å². The molecule has 5 nitrogen and oxygen atoms in total. The summed E-state index contributed by atoms with van der Waals surface area (Å²) in [6.07, 6.45) is 5.50. The van der Waals surface area contributed by atoms with Crippen LogP contribution in [0.3, 0.4) is 0 Å². The summed E-state index contributed by atoms with van der Waals surface area (Å²) < 4.78 is 0. The zero-order valence-corrected chi connectivity index (χ0v) is 18.4. The SMILES string of the molecule is CN=C(NCCNC(C)(C)C)N1CCC(CN2CCCCC2)C1.I. The molecule has 0 aromatic rings. The minimum atomic E-state index is 0. The molecule has 0 spiro atoms. The van der Waals surface area contributed by atoms with Gasteiger partial charge in [-0.25, -0.2) is 0 Å². The van der Waals surface area contributed by atoms with Crippen molar-refractivity contribution in [2.24, 2.45) is 10.9 Å². The van der Waals surface area contributed by atoms with Gasteiger partial charge < -0.3 is 20.4 Å². The minimum Gasteiger partial charge on any atom is -0.355 e. The summed E-state index contributed by atoms with van der Waals surface area (Å²) in [7, 11) is 1.90. The zero-order valence-electron chi connectivity index (χ0n) is 16.1. The van der Waals surface area contributed by atoms with Crippen LogP contribution < -0.4 is 10.6 Å². The molecule has 0 amide bonds. The van der Waals surface area contributed by atoms with Crippen LogP contribution >= 0.6 is 24.0 Å². The molecule has 1 atom stereocenters. The van der Waals surface area contributed by atoms with Crippen LogP contribution in [-0.2, 0) is 0 Å². The molecule has 0 saturated carbocycles. The summed E-state index contributed by atoms with van der Waals surface area (Å²) in [4.78, 5) is 9.58. The number of hydrogen-bond acceptors (Lipinski definition) is 3. The van der Waals surface area contributed by atoms with Crippen molar-refractivity contribution < 1.29 is 0 Å². The molecule has 0 aliphatic carbocycles. The fourth-order valence-electron chi connectivity index (χ4n) is 3.63. The average molecular weight is 451 g/mol. The highest BCUT2D eigenvalue weighted by atomic mass is 127. The Balaban J connectivity index is 0.00000288. The third-order valence-electron chi connectivity index (χ3n) is 4.83. The Bertz CT molecular complexity index is 374. The van der Waals surface area contributed by atoms with E-state index >= 15 is 0 Å². The van der Waals surface area contributed by atoms with Gasteiger partial charge >= 0.3 is 0 Å². The predicted octanol–water partition coefficient (Wildman–Crippen LogP) is 2.38. The molecule has 2 fully saturated rings. The summed E-state index contributed by atoms with van der Waals surface area (Å²) in [5.74, 6) is 1.88. The van der Waals surface area contributed by atoms with E-state index in [0.717, 1.165) is 38.1 Å². The molecule has 2 aliphatic rings. The normalized spacial score (nSPS) is 23.2. The van der Waals surface area contributed by atoms with Gasteiger partial charge in [-0.3, -0.25) is 4.99 Å². The molecule has 0 bridgehead atoms. The summed E-state index contributed by atoms with van der Waals surface area (Å²) in [6, 6.07) is 0. The van der Waals surface area contributed by atoms with Gasteiger partial charge in [0.15, 0.2) is 5.96 Å². The van der Waals surface area contributed by atoms with Crippen molar-refractivity contribution in [1.29, 1.82) is 0 Å². The maximum absolute atomic E-state index is 4.48. The molecular weight excluding hydrogens is 413 g/mol. The molecule has 2 N–H and O–H groups in total. The first kappa shape index (κ1) is 22.0. The van der Waals surface area contributed by atoms with Gasteiger partial charge in [-0.05, 0) is 59.0 Å². The number of rotatable bonds is 5. The Morgan fingerprint density at radius 2 is 1.79 bits per heavy atom. The first-order valence-electron chi connectivity index (χ1n) is 9.41. The standard InChI is InChI=1S/C18H37N5.HI/c1-18(2,3)21-10-9-20-17(19-4)23-13-8-16(15-23)14-22-11-6-5-7-12-22;/h16,21H,5-15H2,1-4H3,(H,19,20);1H. The van der Waals surface area contributed by atoms with Gasteiger partial charge in [0.05, 0.1) is 0 Å². The van der Waals surface area contributed by atoms with Crippen LogP contribution in [0.4, 0.5) is 0 Å². The molecule has 2 heterocycles. The van der Waals surface area contributed by atoms with Crippen LogP contribution in [0, 0.1) is 5.92 Å². The highest BCUT2D eigenvalue weighted by molar-refractivity contribution is 14.0. The van der Waals surface area contributed by atoms with Gasteiger partial charge in [0.25, 0.3) is 0 Å². The third kappa shape index (κ3) is 7.87. The van der Waals surface area contributed by atoms with Crippen molar-refractivity contribution >= 4 is 29.9 Å². The Labute approximate surface area is 166 Å². The third-order valence-corrected chi connectivity index (χ3v) is 4.83. The van der Waals surface area contributed by atoms with Crippen molar-refractivity contribution in [3.05, 3.63) is 0 Å². The molecule has 24 heavy (non-hydrogen) atoms. The van der Waals surface area contributed by atoms with Gasteiger partial charge in [-0.1, -0.05) is 6.42 Å². The second-order valence-corrected chi connectivity index (χ2v) is 8.11. The highest BCUT2D eigenvalue weighted by Gasteiger charge is 2.26. The van der Waals surface area contributed by atoms with Crippen LogP contribution in [0.25, 0.3) is 0 Å². The van der Waals surface area contributed by atoms with Crippen LogP contribution in [-0.4, -0.2) is 74.2 Å². The lowest BCUT2D eigenvalue weighted by Gasteiger charge is -2.29. The van der Waals surface area contributed by atoms with Gasteiger partial charge in [0, 0.05) is 45.3 Å². The molecule has 0 radical (unpaired) electrons. The second kappa shape index (κ2) is 10.8. The Hall–Kier alpha value is -0.0800. The smallest absolute Gasteiger partial charge is 0.193 e. The molecule has 2 rings (SSSR count). The van der Waals surface area contributed by atoms with Crippen LogP contribution in [0.2, 0.25) is 0 Å². The van der Waals surface area contributed by atoms with Crippen molar-refractivity contribution in [3.8, 4) is 0 Å². The van der Waals surface area contributed by atoms with Crippen molar-refractivity contribution in [2.75, 3.05) is 52.9 Å². The number of halogens is 1. The molecule has 6 heteroatoms. The lowest BCUT2D eigenvalue weighted by molar-refractivity contribution is 0.198. The molecule has 1 unspecified atom stereocenters. The Morgan fingerprint density at radius 1 is 1.08 bits per heavy atom. The van der Waals surface area contributed by atoms with E-state index in [0.29, 0.717) is 0 Å².